The normalized spacial score (nSPS) is 9.53. The Morgan fingerprint density at radius 2 is 1.95 bits per heavy atom. The number of ether oxygens (including phenoxy) is 1. The molecule has 0 fully saturated rings. The second kappa shape index (κ2) is 6.29. The largest absolute Gasteiger partial charge is 0.466 e. The highest BCUT2D eigenvalue weighted by Gasteiger charge is 2.12. The zero-order chi connectivity index (χ0) is 14.4. The summed E-state index contributed by atoms with van der Waals surface area (Å²) in [7, 11) is 1.20. The van der Waals surface area contributed by atoms with Crippen LogP contribution < -0.4 is 5.32 Å². The highest BCUT2D eigenvalue weighted by Crippen LogP contribution is 2.16. The Kier molecular flexibility index (Phi) is 4.76. The number of benzene rings is 1. The minimum atomic E-state index is -0.654. The van der Waals surface area contributed by atoms with E-state index in [0.717, 1.165) is 0 Å². The average molecular weight is 264 g/mol. The van der Waals surface area contributed by atoms with Gasteiger partial charge in [-0.2, -0.15) is 0 Å². The van der Waals surface area contributed by atoms with Gasteiger partial charge in [-0.1, -0.05) is 6.58 Å². The Balaban J connectivity index is 2.60. The lowest BCUT2D eigenvalue weighted by molar-refractivity contribution is -0.384. The van der Waals surface area contributed by atoms with Crippen LogP contribution in [0.3, 0.4) is 0 Å². The summed E-state index contributed by atoms with van der Waals surface area (Å²) in [5.74, 6) is -1.11. The third-order valence-electron chi connectivity index (χ3n) is 2.21. The molecule has 7 heteroatoms. The fraction of sp³-hybridized carbons (Fsp3) is 0.167. The first kappa shape index (κ1) is 14.4. The number of carbonyl (C=O) groups is 2. The van der Waals surface area contributed by atoms with Crippen molar-refractivity contribution in [3.05, 3.63) is 46.5 Å². The van der Waals surface area contributed by atoms with Crippen molar-refractivity contribution in [3.8, 4) is 0 Å². The number of carbonyl (C=O) groups excluding carboxylic acids is 2. The van der Waals surface area contributed by atoms with E-state index in [1.54, 1.807) is 0 Å². The number of amides is 1. The number of hydrogen-bond donors (Lipinski definition) is 1. The standard InChI is InChI=1S/C12H12N2O5/c1-8(12(16)19-2)7-11(15)13-9-3-5-10(6-4-9)14(17)18/h3-6H,1,7H2,2H3,(H,13,15). The molecule has 0 saturated heterocycles. The molecule has 1 N–H and O–H groups in total. The predicted octanol–water partition coefficient (Wildman–Crippen LogP) is 1.65. The Morgan fingerprint density at radius 3 is 2.42 bits per heavy atom. The number of anilines is 1. The van der Waals surface area contributed by atoms with Gasteiger partial charge in [-0.3, -0.25) is 14.9 Å². The molecule has 0 radical (unpaired) electrons. The predicted molar refractivity (Wildman–Crippen MR) is 67.5 cm³/mol. The van der Waals surface area contributed by atoms with E-state index in [9.17, 15) is 19.7 Å². The Morgan fingerprint density at radius 1 is 1.37 bits per heavy atom. The van der Waals surface area contributed by atoms with Gasteiger partial charge in [0, 0.05) is 23.4 Å². The van der Waals surface area contributed by atoms with E-state index in [0.29, 0.717) is 5.69 Å². The summed E-state index contributed by atoms with van der Waals surface area (Å²) in [4.78, 5) is 32.5. The second-order valence-corrected chi connectivity index (χ2v) is 3.62. The van der Waals surface area contributed by atoms with Gasteiger partial charge in [0.1, 0.15) is 0 Å². The van der Waals surface area contributed by atoms with Gasteiger partial charge in [0.2, 0.25) is 5.91 Å². The summed E-state index contributed by atoms with van der Waals surface area (Å²) in [5, 5.41) is 12.9. The lowest BCUT2D eigenvalue weighted by atomic mass is 10.2. The highest BCUT2D eigenvalue weighted by atomic mass is 16.6. The van der Waals surface area contributed by atoms with Crippen molar-refractivity contribution in [2.45, 2.75) is 6.42 Å². The average Bonchev–Trinajstić information content (AvgIpc) is 2.38. The second-order valence-electron chi connectivity index (χ2n) is 3.62. The maximum absolute atomic E-state index is 11.5. The highest BCUT2D eigenvalue weighted by molar-refractivity contribution is 5.99. The minimum Gasteiger partial charge on any atom is -0.466 e. The summed E-state index contributed by atoms with van der Waals surface area (Å²) in [6.45, 7) is 3.42. The molecule has 0 atom stereocenters. The first-order chi connectivity index (χ1) is 8.93. The van der Waals surface area contributed by atoms with Crippen LogP contribution in [0.4, 0.5) is 11.4 Å². The fourth-order valence-corrected chi connectivity index (χ4v) is 1.28. The smallest absolute Gasteiger partial charge is 0.333 e. The summed E-state index contributed by atoms with van der Waals surface area (Å²) >= 11 is 0. The number of nitro benzene ring substituents is 1. The molecule has 1 aromatic rings. The maximum Gasteiger partial charge on any atom is 0.333 e. The molecule has 0 spiro atoms. The SMILES string of the molecule is C=C(CC(=O)Nc1ccc([N+](=O)[O-])cc1)C(=O)OC. The van der Waals surface area contributed by atoms with Crippen LogP contribution in [0.1, 0.15) is 6.42 Å². The van der Waals surface area contributed by atoms with Gasteiger partial charge >= 0.3 is 5.97 Å². The molecule has 1 amide bonds. The van der Waals surface area contributed by atoms with Gasteiger partial charge in [0.15, 0.2) is 0 Å². The minimum absolute atomic E-state index is 0.0295. The number of nitrogens with zero attached hydrogens (tertiary/aromatic N) is 1. The number of nitro groups is 1. The monoisotopic (exact) mass is 264 g/mol. The Bertz CT molecular complexity index is 521. The van der Waals surface area contributed by atoms with Gasteiger partial charge in [-0.15, -0.1) is 0 Å². The van der Waals surface area contributed by atoms with Crippen molar-refractivity contribution >= 4 is 23.3 Å². The van der Waals surface area contributed by atoms with E-state index < -0.39 is 16.8 Å². The zero-order valence-electron chi connectivity index (χ0n) is 10.2. The zero-order valence-corrected chi connectivity index (χ0v) is 10.2. The molecule has 0 aliphatic heterocycles. The van der Waals surface area contributed by atoms with Crippen molar-refractivity contribution in [2.75, 3.05) is 12.4 Å². The van der Waals surface area contributed by atoms with Crippen LogP contribution in [0.15, 0.2) is 36.4 Å². The first-order valence-corrected chi connectivity index (χ1v) is 5.24. The van der Waals surface area contributed by atoms with Crippen molar-refractivity contribution in [2.24, 2.45) is 0 Å². The van der Waals surface area contributed by atoms with E-state index >= 15 is 0 Å². The van der Waals surface area contributed by atoms with Crippen LogP contribution in [0.25, 0.3) is 0 Å². The molecule has 19 heavy (non-hydrogen) atoms. The van der Waals surface area contributed by atoms with E-state index in [2.05, 4.69) is 16.6 Å². The molecule has 0 aliphatic carbocycles. The number of methoxy groups -OCH3 is 1. The number of hydrogen-bond acceptors (Lipinski definition) is 5. The van der Waals surface area contributed by atoms with Gasteiger partial charge in [-0.05, 0) is 12.1 Å². The fourth-order valence-electron chi connectivity index (χ4n) is 1.28. The van der Waals surface area contributed by atoms with Crippen molar-refractivity contribution in [1.29, 1.82) is 0 Å². The van der Waals surface area contributed by atoms with Crippen LogP contribution >= 0.6 is 0 Å². The number of rotatable bonds is 5. The van der Waals surface area contributed by atoms with Crippen LogP contribution in [-0.2, 0) is 14.3 Å². The lowest BCUT2D eigenvalue weighted by Crippen LogP contribution is -2.15. The van der Waals surface area contributed by atoms with E-state index in [1.807, 2.05) is 0 Å². The first-order valence-electron chi connectivity index (χ1n) is 5.24. The van der Waals surface area contributed by atoms with Crippen LogP contribution in [0.2, 0.25) is 0 Å². The third-order valence-corrected chi connectivity index (χ3v) is 2.21. The molecular weight excluding hydrogens is 252 g/mol. The molecule has 1 aromatic carbocycles. The number of esters is 1. The summed E-state index contributed by atoms with van der Waals surface area (Å²) < 4.78 is 4.41. The van der Waals surface area contributed by atoms with Gasteiger partial charge in [0.05, 0.1) is 18.5 Å². The maximum atomic E-state index is 11.5. The molecule has 0 bridgehead atoms. The van der Waals surface area contributed by atoms with Crippen molar-refractivity contribution < 1.29 is 19.2 Å². The van der Waals surface area contributed by atoms with Crippen LogP contribution in [-0.4, -0.2) is 23.9 Å². The topological polar surface area (TPSA) is 98.5 Å². The Hall–Kier alpha value is -2.70. The summed E-state index contributed by atoms with van der Waals surface area (Å²) in [5.41, 5.74) is 0.354. The van der Waals surface area contributed by atoms with E-state index in [4.69, 9.17) is 0 Å². The molecular formula is C12H12N2O5. The van der Waals surface area contributed by atoms with Gasteiger partial charge in [-0.25, -0.2) is 4.79 Å². The van der Waals surface area contributed by atoms with Crippen LogP contribution in [0, 0.1) is 10.1 Å². The third kappa shape index (κ3) is 4.23. The number of non-ortho nitro benzene ring substituents is 1. The van der Waals surface area contributed by atoms with Crippen molar-refractivity contribution in [1.82, 2.24) is 0 Å². The molecule has 1 rings (SSSR count). The van der Waals surface area contributed by atoms with Gasteiger partial charge < -0.3 is 10.1 Å². The quantitative estimate of drug-likeness (QED) is 0.377. The van der Waals surface area contributed by atoms with Gasteiger partial charge in [0.25, 0.3) is 5.69 Å². The molecule has 0 saturated carbocycles. The summed E-state index contributed by atoms with van der Waals surface area (Å²) in [6.07, 6.45) is -0.205. The molecule has 7 nitrogen and oxygen atoms in total. The van der Waals surface area contributed by atoms with Crippen LogP contribution in [0.5, 0.6) is 0 Å². The molecule has 0 unspecified atom stereocenters. The molecule has 0 aliphatic rings. The lowest BCUT2D eigenvalue weighted by Gasteiger charge is -2.05. The van der Waals surface area contributed by atoms with Crippen molar-refractivity contribution in [3.63, 3.8) is 0 Å². The molecule has 100 valence electrons. The molecule has 0 heterocycles. The number of nitrogens with one attached hydrogen (secondary N) is 1. The Labute approximate surface area is 109 Å². The molecule has 0 aromatic heterocycles. The summed E-state index contributed by atoms with van der Waals surface area (Å²) in [6, 6.07) is 5.34. The van der Waals surface area contributed by atoms with E-state index in [1.165, 1.54) is 31.4 Å². The van der Waals surface area contributed by atoms with E-state index in [-0.39, 0.29) is 17.7 Å².